The van der Waals surface area contributed by atoms with Crippen molar-refractivity contribution in [2.24, 2.45) is 0 Å². The van der Waals surface area contributed by atoms with E-state index in [0.29, 0.717) is 12.1 Å². The maximum atomic E-state index is 12.6. The Kier molecular flexibility index (Phi) is 3.73. The Labute approximate surface area is 108 Å². The lowest BCUT2D eigenvalue weighted by Gasteiger charge is -2.19. The molecule has 2 N–H and O–H groups in total. The van der Waals surface area contributed by atoms with E-state index in [1.165, 1.54) is 6.07 Å². The minimum atomic E-state index is -4.42. The van der Waals surface area contributed by atoms with Crippen LogP contribution < -0.4 is 5.32 Å². The molecular formula is C12H13ClF3NO. The van der Waals surface area contributed by atoms with Crippen molar-refractivity contribution in [3.8, 4) is 0 Å². The summed E-state index contributed by atoms with van der Waals surface area (Å²) < 4.78 is 37.8. The molecule has 100 valence electrons. The summed E-state index contributed by atoms with van der Waals surface area (Å²) in [6.07, 6.45) is -2.65. The fourth-order valence-corrected chi connectivity index (χ4v) is 2.39. The van der Waals surface area contributed by atoms with E-state index in [1.807, 2.05) is 0 Å². The first kappa shape index (κ1) is 13.5. The van der Waals surface area contributed by atoms with Crippen LogP contribution in [0.25, 0.3) is 0 Å². The van der Waals surface area contributed by atoms with E-state index in [-0.39, 0.29) is 11.1 Å². The van der Waals surface area contributed by atoms with Crippen LogP contribution in [0.1, 0.15) is 24.8 Å². The third-order valence-corrected chi connectivity index (χ3v) is 3.27. The van der Waals surface area contributed by atoms with Crippen molar-refractivity contribution >= 4 is 17.3 Å². The second-order valence-corrected chi connectivity index (χ2v) is 4.91. The molecule has 0 spiro atoms. The number of alkyl halides is 3. The Morgan fingerprint density at radius 3 is 2.50 bits per heavy atom. The van der Waals surface area contributed by atoms with E-state index in [9.17, 15) is 18.3 Å². The summed E-state index contributed by atoms with van der Waals surface area (Å²) in [5.41, 5.74) is -0.495. The zero-order valence-electron chi connectivity index (χ0n) is 9.47. The first-order chi connectivity index (χ1) is 8.36. The standard InChI is InChI=1S/C12H13ClF3NO/c13-8-4-7(12(14,15)16)5-9(6-8)17-10-2-1-3-11(10)18/h4-6,10-11,17-18H,1-3H2/t10-,11-/m1/s1. The fourth-order valence-electron chi connectivity index (χ4n) is 2.16. The Morgan fingerprint density at radius 1 is 1.22 bits per heavy atom. The van der Waals surface area contributed by atoms with E-state index in [0.717, 1.165) is 25.0 Å². The number of anilines is 1. The number of aliphatic hydroxyl groups excluding tert-OH is 1. The summed E-state index contributed by atoms with van der Waals surface area (Å²) >= 11 is 5.68. The number of aliphatic hydroxyl groups is 1. The molecule has 0 bridgehead atoms. The van der Waals surface area contributed by atoms with Crippen LogP contribution in [0.2, 0.25) is 5.02 Å². The van der Waals surface area contributed by atoms with Gasteiger partial charge in [0.1, 0.15) is 0 Å². The Morgan fingerprint density at radius 2 is 1.94 bits per heavy atom. The third-order valence-electron chi connectivity index (χ3n) is 3.06. The highest BCUT2D eigenvalue weighted by molar-refractivity contribution is 6.30. The Balaban J connectivity index is 2.20. The number of halogens is 4. The third kappa shape index (κ3) is 3.09. The topological polar surface area (TPSA) is 32.3 Å². The zero-order chi connectivity index (χ0) is 13.3. The summed E-state index contributed by atoms with van der Waals surface area (Å²) in [7, 11) is 0. The van der Waals surface area contributed by atoms with Crippen molar-refractivity contribution < 1.29 is 18.3 Å². The summed E-state index contributed by atoms with van der Waals surface area (Å²) in [6.45, 7) is 0. The van der Waals surface area contributed by atoms with Gasteiger partial charge in [0.25, 0.3) is 0 Å². The summed E-state index contributed by atoms with van der Waals surface area (Å²) in [5.74, 6) is 0. The van der Waals surface area contributed by atoms with E-state index >= 15 is 0 Å². The number of nitrogens with one attached hydrogen (secondary N) is 1. The van der Waals surface area contributed by atoms with Crippen molar-refractivity contribution in [3.05, 3.63) is 28.8 Å². The molecular weight excluding hydrogens is 267 g/mol. The van der Waals surface area contributed by atoms with E-state index in [2.05, 4.69) is 5.32 Å². The second kappa shape index (κ2) is 4.97. The molecule has 1 aromatic rings. The predicted octanol–water partition coefficient (Wildman–Crippen LogP) is 3.68. The molecule has 2 nitrogen and oxygen atoms in total. The molecule has 0 saturated heterocycles. The lowest BCUT2D eigenvalue weighted by Crippen LogP contribution is -2.28. The molecule has 0 aliphatic heterocycles. The molecule has 1 fully saturated rings. The van der Waals surface area contributed by atoms with Crippen LogP contribution in [0.4, 0.5) is 18.9 Å². The molecule has 0 unspecified atom stereocenters. The zero-order valence-corrected chi connectivity index (χ0v) is 10.2. The van der Waals surface area contributed by atoms with Gasteiger partial charge in [-0.1, -0.05) is 11.6 Å². The lowest BCUT2D eigenvalue weighted by molar-refractivity contribution is -0.137. The summed E-state index contributed by atoms with van der Waals surface area (Å²) in [4.78, 5) is 0. The minimum Gasteiger partial charge on any atom is -0.391 e. The lowest BCUT2D eigenvalue weighted by atomic mass is 10.1. The molecule has 0 aromatic heterocycles. The minimum absolute atomic E-state index is 0.0276. The quantitative estimate of drug-likeness (QED) is 0.865. The van der Waals surface area contributed by atoms with E-state index in [1.54, 1.807) is 0 Å². The molecule has 1 aliphatic rings. The fraction of sp³-hybridized carbons (Fsp3) is 0.500. The van der Waals surface area contributed by atoms with Crippen LogP contribution >= 0.6 is 11.6 Å². The number of rotatable bonds is 2. The molecule has 1 aliphatic carbocycles. The van der Waals surface area contributed by atoms with Crippen LogP contribution in [0.3, 0.4) is 0 Å². The van der Waals surface area contributed by atoms with Gasteiger partial charge in [0.2, 0.25) is 0 Å². The van der Waals surface area contributed by atoms with Gasteiger partial charge in [-0.05, 0) is 37.5 Å². The first-order valence-electron chi connectivity index (χ1n) is 5.68. The average molecular weight is 280 g/mol. The predicted molar refractivity (Wildman–Crippen MR) is 63.7 cm³/mol. The van der Waals surface area contributed by atoms with Crippen LogP contribution in [0.15, 0.2) is 18.2 Å². The molecule has 2 rings (SSSR count). The highest BCUT2D eigenvalue weighted by atomic mass is 35.5. The first-order valence-corrected chi connectivity index (χ1v) is 6.06. The molecule has 18 heavy (non-hydrogen) atoms. The second-order valence-electron chi connectivity index (χ2n) is 4.48. The summed E-state index contributed by atoms with van der Waals surface area (Å²) in [5, 5.41) is 12.6. The monoisotopic (exact) mass is 279 g/mol. The van der Waals surface area contributed by atoms with Crippen LogP contribution in [-0.2, 0) is 6.18 Å². The van der Waals surface area contributed by atoms with Crippen molar-refractivity contribution in [1.29, 1.82) is 0 Å². The van der Waals surface area contributed by atoms with Gasteiger partial charge >= 0.3 is 6.18 Å². The SMILES string of the molecule is O[C@@H]1CCC[C@H]1Nc1cc(Cl)cc(C(F)(F)F)c1. The maximum Gasteiger partial charge on any atom is 0.416 e. The smallest absolute Gasteiger partial charge is 0.391 e. The molecule has 0 amide bonds. The van der Waals surface area contributed by atoms with Gasteiger partial charge in [-0.3, -0.25) is 0 Å². The number of benzene rings is 1. The Bertz CT molecular complexity index is 436. The largest absolute Gasteiger partial charge is 0.416 e. The van der Waals surface area contributed by atoms with Crippen LogP contribution in [0, 0.1) is 0 Å². The number of hydrogen-bond donors (Lipinski definition) is 2. The molecule has 0 radical (unpaired) electrons. The van der Waals surface area contributed by atoms with E-state index in [4.69, 9.17) is 11.6 Å². The van der Waals surface area contributed by atoms with Gasteiger partial charge in [0, 0.05) is 10.7 Å². The van der Waals surface area contributed by atoms with Crippen molar-refractivity contribution in [3.63, 3.8) is 0 Å². The Hall–Kier alpha value is -0.940. The molecule has 1 aromatic carbocycles. The van der Waals surface area contributed by atoms with Crippen molar-refractivity contribution in [2.75, 3.05) is 5.32 Å². The normalized spacial score (nSPS) is 24.3. The van der Waals surface area contributed by atoms with Gasteiger partial charge in [0.15, 0.2) is 0 Å². The molecule has 1 saturated carbocycles. The molecule has 0 heterocycles. The average Bonchev–Trinajstić information content (AvgIpc) is 2.62. The highest BCUT2D eigenvalue weighted by Crippen LogP contribution is 2.34. The van der Waals surface area contributed by atoms with Gasteiger partial charge in [-0.25, -0.2) is 0 Å². The molecule has 6 heteroatoms. The molecule has 2 atom stereocenters. The van der Waals surface area contributed by atoms with Crippen molar-refractivity contribution in [2.45, 2.75) is 37.6 Å². The van der Waals surface area contributed by atoms with Gasteiger partial charge in [-0.2, -0.15) is 13.2 Å². The summed E-state index contributed by atoms with van der Waals surface area (Å²) in [6, 6.07) is 3.13. The van der Waals surface area contributed by atoms with Crippen molar-refractivity contribution in [1.82, 2.24) is 0 Å². The maximum absolute atomic E-state index is 12.6. The highest BCUT2D eigenvalue weighted by Gasteiger charge is 2.32. The van der Waals surface area contributed by atoms with Gasteiger partial charge in [-0.15, -0.1) is 0 Å². The van der Waals surface area contributed by atoms with Crippen LogP contribution in [-0.4, -0.2) is 17.3 Å². The van der Waals surface area contributed by atoms with Crippen LogP contribution in [0.5, 0.6) is 0 Å². The van der Waals surface area contributed by atoms with Gasteiger partial charge in [0.05, 0.1) is 17.7 Å². The number of hydrogen-bond acceptors (Lipinski definition) is 2. The van der Waals surface area contributed by atoms with Gasteiger partial charge < -0.3 is 10.4 Å². The van der Waals surface area contributed by atoms with E-state index < -0.39 is 17.8 Å².